The zero-order valence-electron chi connectivity index (χ0n) is 9.98. The van der Waals surface area contributed by atoms with Crippen LogP contribution in [0.2, 0.25) is 0 Å². The van der Waals surface area contributed by atoms with E-state index in [0.717, 1.165) is 12.8 Å². The number of fused-ring (bicyclic) bond motifs is 1. The second-order valence-corrected chi connectivity index (χ2v) is 7.50. The smallest absolute Gasteiger partial charge is 0.146 e. The third-order valence-corrected chi connectivity index (χ3v) is 5.59. The van der Waals surface area contributed by atoms with E-state index in [1.807, 2.05) is 0 Å². The van der Waals surface area contributed by atoms with E-state index in [-0.39, 0.29) is 4.83 Å². The van der Waals surface area contributed by atoms with Crippen LogP contribution < -0.4 is 0 Å². The Labute approximate surface area is 101 Å². The van der Waals surface area contributed by atoms with E-state index in [1.54, 1.807) is 0 Å². The number of rotatable bonds is 0. The van der Waals surface area contributed by atoms with Crippen molar-refractivity contribution in [1.29, 1.82) is 0 Å². The minimum Gasteiger partial charge on any atom is -0.298 e. The molecule has 0 heterocycles. The molecule has 0 bridgehead atoms. The monoisotopic (exact) mass is 272 g/mol. The summed E-state index contributed by atoms with van der Waals surface area (Å²) in [7, 11) is 0. The van der Waals surface area contributed by atoms with Gasteiger partial charge >= 0.3 is 0 Å². The molecule has 3 unspecified atom stereocenters. The molecule has 0 aromatic heterocycles. The molecular formula is C13H21BrO. The minimum absolute atomic E-state index is 0.118. The molecule has 3 atom stereocenters. The van der Waals surface area contributed by atoms with E-state index in [4.69, 9.17) is 0 Å². The summed E-state index contributed by atoms with van der Waals surface area (Å²) in [6.45, 7) is 7.08. The Hall–Kier alpha value is 0.150. The Kier molecular flexibility index (Phi) is 2.77. The minimum atomic E-state index is 0.118. The highest BCUT2D eigenvalue weighted by Gasteiger charge is 2.51. The molecule has 0 radical (unpaired) electrons. The molecule has 0 aromatic carbocycles. The molecule has 2 aliphatic carbocycles. The number of carbonyl (C=O) groups excluding carboxylic acids is 1. The van der Waals surface area contributed by atoms with Gasteiger partial charge in [0, 0.05) is 6.42 Å². The van der Waals surface area contributed by atoms with Crippen LogP contribution in [0.15, 0.2) is 0 Å². The molecule has 2 aliphatic rings. The van der Waals surface area contributed by atoms with Gasteiger partial charge in [0.05, 0.1) is 4.83 Å². The van der Waals surface area contributed by atoms with Gasteiger partial charge in [0.15, 0.2) is 0 Å². The van der Waals surface area contributed by atoms with Crippen molar-refractivity contribution < 1.29 is 4.79 Å². The molecule has 2 fully saturated rings. The van der Waals surface area contributed by atoms with Gasteiger partial charge in [-0.15, -0.1) is 0 Å². The van der Waals surface area contributed by atoms with E-state index in [0.29, 0.717) is 22.5 Å². The Balaban J connectivity index is 2.28. The lowest BCUT2D eigenvalue weighted by atomic mass is 9.51. The van der Waals surface area contributed by atoms with E-state index in [1.165, 1.54) is 19.3 Å². The van der Waals surface area contributed by atoms with E-state index in [2.05, 4.69) is 36.7 Å². The molecular weight excluding hydrogens is 252 g/mol. The second kappa shape index (κ2) is 3.58. The summed E-state index contributed by atoms with van der Waals surface area (Å²) < 4.78 is 0. The van der Waals surface area contributed by atoms with E-state index < -0.39 is 0 Å². The van der Waals surface area contributed by atoms with Crippen LogP contribution in [0, 0.1) is 16.7 Å². The molecule has 0 aliphatic heterocycles. The largest absolute Gasteiger partial charge is 0.298 e. The van der Waals surface area contributed by atoms with Crippen molar-refractivity contribution in [1.82, 2.24) is 0 Å². The van der Waals surface area contributed by atoms with Crippen LogP contribution in [0.5, 0.6) is 0 Å². The zero-order chi connectivity index (χ0) is 11.3. The van der Waals surface area contributed by atoms with Crippen molar-refractivity contribution in [3.8, 4) is 0 Å². The Morgan fingerprint density at radius 1 is 1.27 bits per heavy atom. The summed E-state index contributed by atoms with van der Waals surface area (Å²) in [4.78, 5) is 12.0. The second-order valence-electron chi connectivity index (χ2n) is 6.39. The Morgan fingerprint density at radius 2 is 1.93 bits per heavy atom. The molecule has 0 amide bonds. The maximum Gasteiger partial charge on any atom is 0.146 e. The van der Waals surface area contributed by atoms with Crippen molar-refractivity contribution >= 4 is 21.7 Å². The summed E-state index contributed by atoms with van der Waals surface area (Å²) in [6, 6.07) is 0. The summed E-state index contributed by atoms with van der Waals surface area (Å²) in [5.74, 6) is 1.02. The number of hydrogen-bond acceptors (Lipinski definition) is 1. The Morgan fingerprint density at radius 3 is 2.60 bits per heavy atom. The van der Waals surface area contributed by atoms with E-state index in [9.17, 15) is 4.79 Å². The first-order valence-corrected chi connectivity index (χ1v) is 6.93. The van der Waals surface area contributed by atoms with E-state index >= 15 is 0 Å². The topological polar surface area (TPSA) is 17.1 Å². The molecule has 86 valence electrons. The average molecular weight is 273 g/mol. The highest BCUT2D eigenvalue weighted by atomic mass is 79.9. The van der Waals surface area contributed by atoms with Gasteiger partial charge in [-0.2, -0.15) is 0 Å². The van der Waals surface area contributed by atoms with Crippen LogP contribution in [0.4, 0.5) is 0 Å². The summed E-state index contributed by atoms with van der Waals surface area (Å²) in [6.07, 6.45) is 5.75. The highest BCUT2D eigenvalue weighted by Crippen LogP contribution is 2.57. The molecule has 2 rings (SSSR count). The van der Waals surface area contributed by atoms with Crippen LogP contribution in [0.3, 0.4) is 0 Å². The fourth-order valence-corrected chi connectivity index (χ4v) is 4.79. The molecule has 2 saturated carbocycles. The maximum atomic E-state index is 11.8. The predicted octanol–water partition coefficient (Wildman–Crippen LogP) is 3.95. The first-order valence-electron chi connectivity index (χ1n) is 6.02. The Bertz CT molecular complexity index is 284. The van der Waals surface area contributed by atoms with Crippen LogP contribution >= 0.6 is 15.9 Å². The molecule has 1 nitrogen and oxygen atoms in total. The predicted molar refractivity (Wildman–Crippen MR) is 66.2 cm³/mol. The lowest BCUT2D eigenvalue weighted by Gasteiger charge is -2.54. The summed E-state index contributed by atoms with van der Waals surface area (Å²) >= 11 is 3.54. The number of halogens is 1. The standard InChI is InChI=1S/C13H21BrO/c1-12(2)5-4-6-13(3)8-9(14)10(15)7-11(12)13/h9,11H,4-8H2,1-3H3. The lowest BCUT2D eigenvalue weighted by molar-refractivity contribution is -0.130. The van der Waals surface area contributed by atoms with Gasteiger partial charge < -0.3 is 0 Å². The highest BCUT2D eigenvalue weighted by molar-refractivity contribution is 9.10. The third-order valence-electron chi connectivity index (χ3n) is 4.75. The third kappa shape index (κ3) is 1.90. The van der Waals surface area contributed by atoms with Crippen molar-refractivity contribution in [3.63, 3.8) is 0 Å². The van der Waals surface area contributed by atoms with Gasteiger partial charge in [0.25, 0.3) is 0 Å². The van der Waals surface area contributed by atoms with Crippen LogP contribution in [0.1, 0.15) is 52.9 Å². The van der Waals surface area contributed by atoms with Crippen LogP contribution in [0.25, 0.3) is 0 Å². The first-order chi connectivity index (χ1) is 6.85. The van der Waals surface area contributed by atoms with Gasteiger partial charge in [-0.3, -0.25) is 4.79 Å². The first kappa shape index (κ1) is 11.6. The number of carbonyl (C=O) groups is 1. The SMILES string of the molecule is CC1(C)CCCC2(C)CC(Br)C(=O)CC12. The maximum absolute atomic E-state index is 11.8. The van der Waals surface area contributed by atoms with Gasteiger partial charge in [-0.05, 0) is 36.0 Å². The lowest BCUT2D eigenvalue weighted by Crippen LogP contribution is -2.49. The van der Waals surface area contributed by atoms with Gasteiger partial charge in [-0.25, -0.2) is 0 Å². The van der Waals surface area contributed by atoms with Crippen LogP contribution in [-0.4, -0.2) is 10.6 Å². The normalized spacial score (nSPS) is 44.9. The molecule has 0 saturated heterocycles. The van der Waals surface area contributed by atoms with Crippen LogP contribution in [-0.2, 0) is 4.79 Å². The van der Waals surface area contributed by atoms with Crippen molar-refractivity contribution in [3.05, 3.63) is 0 Å². The van der Waals surface area contributed by atoms with Gasteiger partial charge in [0.1, 0.15) is 5.78 Å². The average Bonchev–Trinajstić information content (AvgIpc) is 2.09. The number of alkyl halides is 1. The fraction of sp³-hybridized carbons (Fsp3) is 0.923. The van der Waals surface area contributed by atoms with Crippen molar-refractivity contribution in [2.45, 2.75) is 57.7 Å². The van der Waals surface area contributed by atoms with Crippen molar-refractivity contribution in [2.24, 2.45) is 16.7 Å². The molecule has 2 heteroatoms. The molecule has 0 spiro atoms. The van der Waals surface area contributed by atoms with Gasteiger partial charge in [0.2, 0.25) is 0 Å². The summed E-state index contributed by atoms with van der Waals surface area (Å²) in [5, 5.41) is 0. The molecule has 15 heavy (non-hydrogen) atoms. The van der Waals surface area contributed by atoms with Gasteiger partial charge in [-0.1, -0.05) is 43.1 Å². The fourth-order valence-electron chi connectivity index (χ4n) is 3.86. The molecule has 0 aromatic rings. The molecule has 0 N–H and O–H groups in total. The zero-order valence-corrected chi connectivity index (χ0v) is 11.6. The number of hydrogen-bond donors (Lipinski definition) is 0. The number of ketones is 1. The quantitative estimate of drug-likeness (QED) is 0.611. The summed E-state index contributed by atoms with van der Waals surface area (Å²) in [5.41, 5.74) is 0.750. The van der Waals surface area contributed by atoms with Crippen molar-refractivity contribution in [2.75, 3.05) is 0 Å². The number of Topliss-reactive ketones (excluding diaryl/α,β-unsaturated/α-hetero) is 1.